The van der Waals surface area contributed by atoms with Gasteiger partial charge in [0.15, 0.2) is 0 Å². The predicted octanol–water partition coefficient (Wildman–Crippen LogP) is 3.26. The summed E-state index contributed by atoms with van der Waals surface area (Å²) in [5.74, 6) is -1.42. The van der Waals surface area contributed by atoms with Crippen LogP contribution in [-0.4, -0.2) is 43.9 Å². The Bertz CT molecular complexity index is 783. The molecule has 0 aliphatic carbocycles. The summed E-state index contributed by atoms with van der Waals surface area (Å²) in [5, 5.41) is 15.7. The third kappa shape index (κ3) is 4.25. The minimum absolute atomic E-state index is 0.0326. The molecule has 2 atom stereocenters. The van der Waals surface area contributed by atoms with E-state index in [1.165, 1.54) is 35.0 Å². The van der Waals surface area contributed by atoms with Gasteiger partial charge < -0.3 is 5.11 Å². The molecular formula is C20H26F2N4O. The molecule has 2 heterocycles. The van der Waals surface area contributed by atoms with E-state index in [1.807, 2.05) is 6.92 Å². The number of nitrogens with zero attached hydrogens (tertiary/aromatic N) is 4. The summed E-state index contributed by atoms with van der Waals surface area (Å²) in [6, 6.07) is 2.93. The fourth-order valence-corrected chi connectivity index (χ4v) is 3.84. The van der Waals surface area contributed by atoms with Crippen molar-refractivity contribution >= 4 is 0 Å². The van der Waals surface area contributed by atoms with Crippen LogP contribution in [0.25, 0.3) is 0 Å². The minimum atomic E-state index is -1.57. The summed E-state index contributed by atoms with van der Waals surface area (Å²) < 4.78 is 29.5. The first kappa shape index (κ1) is 19.6. The fraction of sp³-hybridized carbons (Fsp3) is 0.500. The Morgan fingerprint density at radius 2 is 2.04 bits per heavy atom. The van der Waals surface area contributed by atoms with Crippen molar-refractivity contribution in [2.45, 2.75) is 51.3 Å². The van der Waals surface area contributed by atoms with Crippen molar-refractivity contribution in [3.05, 3.63) is 59.7 Å². The van der Waals surface area contributed by atoms with Gasteiger partial charge in [-0.05, 0) is 32.3 Å². The molecule has 2 unspecified atom stereocenters. The van der Waals surface area contributed by atoms with Gasteiger partial charge in [0.1, 0.15) is 29.9 Å². The first-order chi connectivity index (χ1) is 12.9. The normalized spacial score (nSPS) is 18.9. The number of allylic oxidation sites excluding steroid dienone is 1. The lowest BCUT2D eigenvalue weighted by Crippen LogP contribution is -2.53. The Balaban J connectivity index is 1.91. The quantitative estimate of drug-likeness (QED) is 0.787. The lowest BCUT2D eigenvalue weighted by Gasteiger charge is -2.43. The van der Waals surface area contributed by atoms with Gasteiger partial charge in [0.05, 0.1) is 6.54 Å². The van der Waals surface area contributed by atoms with E-state index in [1.54, 1.807) is 0 Å². The summed E-state index contributed by atoms with van der Waals surface area (Å²) in [6.07, 6.45) is 7.99. The summed E-state index contributed by atoms with van der Waals surface area (Å²) in [4.78, 5) is 6.06. The van der Waals surface area contributed by atoms with Crippen LogP contribution in [0.15, 0.2) is 42.5 Å². The van der Waals surface area contributed by atoms with Gasteiger partial charge in [0.2, 0.25) is 0 Å². The molecule has 0 saturated carbocycles. The fourth-order valence-electron chi connectivity index (χ4n) is 3.84. The largest absolute Gasteiger partial charge is 0.381 e. The number of halogens is 2. The molecular weight excluding hydrogens is 350 g/mol. The van der Waals surface area contributed by atoms with Crippen molar-refractivity contribution in [2.24, 2.45) is 0 Å². The van der Waals surface area contributed by atoms with Crippen molar-refractivity contribution in [1.82, 2.24) is 19.7 Å². The van der Waals surface area contributed by atoms with Crippen molar-refractivity contribution in [3.63, 3.8) is 0 Å². The number of benzene rings is 1. The molecule has 1 aromatic carbocycles. The number of hydrogen-bond donors (Lipinski definition) is 1. The maximum Gasteiger partial charge on any atom is 0.137 e. The number of rotatable bonds is 6. The molecule has 0 spiro atoms. The number of likely N-dealkylation sites (tertiary alicyclic amines) is 1. The molecule has 1 aliphatic heterocycles. The highest BCUT2D eigenvalue weighted by Crippen LogP contribution is 2.34. The smallest absolute Gasteiger partial charge is 0.137 e. The van der Waals surface area contributed by atoms with Crippen LogP contribution in [0.2, 0.25) is 0 Å². The highest BCUT2D eigenvalue weighted by molar-refractivity contribution is 5.27. The monoisotopic (exact) mass is 376 g/mol. The van der Waals surface area contributed by atoms with E-state index in [9.17, 15) is 13.9 Å². The molecule has 1 saturated heterocycles. The van der Waals surface area contributed by atoms with E-state index in [4.69, 9.17) is 0 Å². The van der Waals surface area contributed by atoms with E-state index in [0.29, 0.717) is 0 Å². The van der Waals surface area contributed by atoms with E-state index in [2.05, 4.69) is 28.0 Å². The molecule has 1 N–H and O–H groups in total. The Hall–Kier alpha value is -2.12. The molecule has 0 bridgehead atoms. The average molecular weight is 376 g/mol. The predicted molar refractivity (Wildman–Crippen MR) is 98.9 cm³/mol. The van der Waals surface area contributed by atoms with Gasteiger partial charge in [-0.15, -0.1) is 0 Å². The van der Waals surface area contributed by atoms with Gasteiger partial charge in [-0.3, -0.25) is 4.90 Å². The van der Waals surface area contributed by atoms with Crippen LogP contribution in [0.4, 0.5) is 8.78 Å². The van der Waals surface area contributed by atoms with Gasteiger partial charge >= 0.3 is 0 Å². The van der Waals surface area contributed by atoms with Gasteiger partial charge in [0.25, 0.3) is 0 Å². The van der Waals surface area contributed by atoms with Gasteiger partial charge in [0, 0.05) is 30.8 Å². The maximum atomic E-state index is 14.6. The topological polar surface area (TPSA) is 54.2 Å². The average Bonchev–Trinajstić information content (AvgIpc) is 3.14. The van der Waals surface area contributed by atoms with Crippen molar-refractivity contribution in [2.75, 3.05) is 13.1 Å². The summed E-state index contributed by atoms with van der Waals surface area (Å²) >= 11 is 0. The SMILES string of the molecule is CCC=C1CCN(C(C)C(O)(Cn2cncn2)c2ccc(F)cc2F)CC1. The molecule has 146 valence electrons. The Labute approximate surface area is 158 Å². The zero-order valence-electron chi connectivity index (χ0n) is 15.8. The van der Waals surface area contributed by atoms with Crippen LogP contribution in [0.3, 0.4) is 0 Å². The minimum Gasteiger partial charge on any atom is -0.381 e. The van der Waals surface area contributed by atoms with Gasteiger partial charge in [-0.1, -0.05) is 24.6 Å². The summed E-state index contributed by atoms with van der Waals surface area (Å²) in [7, 11) is 0. The Morgan fingerprint density at radius 3 is 2.63 bits per heavy atom. The van der Waals surface area contributed by atoms with Crippen LogP contribution in [-0.2, 0) is 12.1 Å². The highest BCUT2D eigenvalue weighted by atomic mass is 19.1. The first-order valence-electron chi connectivity index (χ1n) is 9.36. The molecule has 1 aromatic heterocycles. The third-order valence-corrected chi connectivity index (χ3v) is 5.44. The van der Waals surface area contributed by atoms with E-state index < -0.39 is 17.2 Å². The molecule has 1 aliphatic rings. The number of piperidine rings is 1. The second-order valence-electron chi connectivity index (χ2n) is 7.12. The zero-order chi connectivity index (χ0) is 19.4. The molecule has 2 aromatic rings. The van der Waals surface area contributed by atoms with Crippen molar-refractivity contribution < 1.29 is 13.9 Å². The van der Waals surface area contributed by atoms with Gasteiger partial charge in [-0.25, -0.2) is 18.4 Å². The van der Waals surface area contributed by atoms with E-state index in [-0.39, 0.29) is 18.2 Å². The Morgan fingerprint density at radius 1 is 1.30 bits per heavy atom. The van der Waals surface area contributed by atoms with Crippen LogP contribution in [0.5, 0.6) is 0 Å². The van der Waals surface area contributed by atoms with Crippen molar-refractivity contribution in [1.29, 1.82) is 0 Å². The molecule has 5 nitrogen and oxygen atoms in total. The number of aliphatic hydroxyl groups is 1. The standard InChI is InChI=1S/C20H26F2N4O/c1-3-4-16-7-9-25(10-8-16)15(2)20(27,12-26-14-23-13-24-26)18-6-5-17(21)11-19(18)22/h4-6,11,13-15,27H,3,7-10,12H2,1-2H3. The lowest BCUT2D eigenvalue weighted by atomic mass is 9.84. The molecule has 1 fully saturated rings. The molecule has 27 heavy (non-hydrogen) atoms. The maximum absolute atomic E-state index is 14.6. The van der Waals surface area contributed by atoms with Gasteiger partial charge in [-0.2, -0.15) is 5.10 Å². The van der Waals surface area contributed by atoms with Crippen molar-refractivity contribution in [3.8, 4) is 0 Å². The van der Waals surface area contributed by atoms with Crippen LogP contribution in [0.1, 0.15) is 38.7 Å². The second kappa shape index (κ2) is 8.27. The first-order valence-corrected chi connectivity index (χ1v) is 9.36. The molecule has 7 heteroatoms. The lowest BCUT2D eigenvalue weighted by molar-refractivity contribution is -0.0657. The van der Waals surface area contributed by atoms with E-state index in [0.717, 1.165) is 38.4 Å². The number of aromatic nitrogens is 3. The third-order valence-electron chi connectivity index (χ3n) is 5.44. The highest BCUT2D eigenvalue weighted by Gasteiger charge is 2.42. The van der Waals surface area contributed by atoms with Crippen LogP contribution < -0.4 is 0 Å². The van der Waals surface area contributed by atoms with E-state index >= 15 is 0 Å². The summed E-state index contributed by atoms with van der Waals surface area (Å²) in [6.45, 7) is 5.61. The van der Waals surface area contributed by atoms with Crippen LogP contribution in [0, 0.1) is 11.6 Å². The molecule has 0 amide bonds. The Kier molecular flexibility index (Phi) is 6.01. The summed E-state index contributed by atoms with van der Waals surface area (Å²) in [5.41, 5.74) is -0.0761. The number of hydrogen-bond acceptors (Lipinski definition) is 4. The second-order valence-corrected chi connectivity index (χ2v) is 7.12. The molecule has 0 radical (unpaired) electrons. The molecule has 3 rings (SSSR count). The van der Waals surface area contributed by atoms with Crippen LogP contribution >= 0.6 is 0 Å². The zero-order valence-corrected chi connectivity index (χ0v) is 15.8.